The van der Waals surface area contributed by atoms with E-state index in [-0.39, 0.29) is 11.7 Å². The lowest BCUT2D eigenvalue weighted by Gasteiger charge is -2.34. The van der Waals surface area contributed by atoms with Crippen LogP contribution in [0.15, 0.2) is 0 Å². The summed E-state index contributed by atoms with van der Waals surface area (Å²) < 4.78 is 10.9. The van der Waals surface area contributed by atoms with Gasteiger partial charge in [0.15, 0.2) is 0 Å². The number of ether oxygens (including phenoxy) is 2. The molecule has 1 fully saturated rings. The molecular formula is C11H24N2O2. The maximum atomic E-state index is 5.60. The summed E-state index contributed by atoms with van der Waals surface area (Å²) in [4.78, 5) is 2.40. The number of nitrogens with zero attached hydrogens (tertiary/aromatic N) is 1. The quantitative estimate of drug-likeness (QED) is 0.725. The molecule has 2 N–H and O–H groups in total. The fourth-order valence-electron chi connectivity index (χ4n) is 1.66. The number of hydrogen-bond acceptors (Lipinski definition) is 4. The van der Waals surface area contributed by atoms with Gasteiger partial charge in [-0.3, -0.25) is 4.90 Å². The summed E-state index contributed by atoms with van der Waals surface area (Å²) in [7, 11) is 1.77. The van der Waals surface area contributed by atoms with E-state index in [0.717, 1.165) is 32.7 Å². The molecule has 0 aliphatic carbocycles. The Hall–Kier alpha value is -0.160. The lowest BCUT2D eigenvalue weighted by Crippen LogP contribution is -2.46. The highest BCUT2D eigenvalue weighted by Crippen LogP contribution is 2.14. The predicted octanol–water partition coefficient (Wildman–Crippen LogP) is 0.461. The summed E-state index contributed by atoms with van der Waals surface area (Å²) in [6.45, 7) is 8.68. The Morgan fingerprint density at radius 3 is 2.87 bits per heavy atom. The van der Waals surface area contributed by atoms with Gasteiger partial charge in [-0.1, -0.05) is 0 Å². The van der Waals surface area contributed by atoms with Crippen LogP contribution in [-0.2, 0) is 9.47 Å². The smallest absolute Gasteiger partial charge is 0.0824 e. The molecule has 0 saturated carbocycles. The summed E-state index contributed by atoms with van der Waals surface area (Å²) in [6, 6.07) is 0. The van der Waals surface area contributed by atoms with E-state index in [1.54, 1.807) is 7.11 Å². The highest BCUT2D eigenvalue weighted by Gasteiger charge is 2.22. The van der Waals surface area contributed by atoms with Crippen molar-refractivity contribution in [3.63, 3.8) is 0 Å². The topological polar surface area (TPSA) is 47.7 Å². The molecule has 1 heterocycles. The second-order valence-electron chi connectivity index (χ2n) is 4.74. The average molecular weight is 216 g/mol. The molecule has 0 amide bonds. The maximum absolute atomic E-state index is 5.60. The van der Waals surface area contributed by atoms with Gasteiger partial charge in [0.25, 0.3) is 0 Å². The minimum Gasteiger partial charge on any atom is -0.379 e. The van der Waals surface area contributed by atoms with Gasteiger partial charge in [0.2, 0.25) is 0 Å². The van der Waals surface area contributed by atoms with Crippen LogP contribution in [0.5, 0.6) is 0 Å². The van der Waals surface area contributed by atoms with Crippen LogP contribution in [-0.4, -0.2) is 56.5 Å². The van der Waals surface area contributed by atoms with Crippen molar-refractivity contribution in [2.75, 3.05) is 39.9 Å². The molecule has 1 rings (SSSR count). The molecule has 1 saturated heterocycles. The van der Waals surface area contributed by atoms with E-state index in [4.69, 9.17) is 15.2 Å². The lowest BCUT2D eigenvalue weighted by atomic mass is 10.0. The lowest BCUT2D eigenvalue weighted by molar-refractivity contribution is -0.0386. The van der Waals surface area contributed by atoms with Gasteiger partial charge in [-0.15, -0.1) is 0 Å². The van der Waals surface area contributed by atoms with Crippen LogP contribution < -0.4 is 5.73 Å². The van der Waals surface area contributed by atoms with Crippen molar-refractivity contribution in [1.29, 1.82) is 0 Å². The van der Waals surface area contributed by atoms with Crippen molar-refractivity contribution < 1.29 is 9.47 Å². The van der Waals surface area contributed by atoms with Crippen LogP contribution >= 0.6 is 0 Å². The van der Waals surface area contributed by atoms with Gasteiger partial charge in [0, 0.05) is 33.3 Å². The van der Waals surface area contributed by atoms with Crippen LogP contribution in [0.3, 0.4) is 0 Å². The van der Waals surface area contributed by atoms with Crippen molar-refractivity contribution in [1.82, 2.24) is 4.90 Å². The van der Waals surface area contributed by atoms with Crippen molar-refractivity contribution in [3.05, 3.63) is 0 Å². The zero-order chi connectivity index (χ0) is 11.3. The van der Waals surface area contributed by atoms with E-state index in [2.05, 4.69) is 18.7 Å². The number of rotatable bonds is 5. The molecular weight excluding hydrogens is 192 g/mol. The Balaban J connectivity index is 2.26. The molecule has 1 aliphatic rings. The highest BCUT2D eigenvalue weighted by atomic mass is 16.5. The second-order valence-corrected chi connectivity index (χ2v) is 4.74. The number of hydrogen-bond donors (Lipinski definition) is 1. The summed E-state index contributed by atoms with van der Waals surface area (Å²) in [5, 5.41) is 0. The molecule has 0 aromatic heterocycles. The Morgan fingerprint density at radius 2 is 2.27 bits per heavy atom. The largest absolute Gasteiger partial charge is 0.379 e. The van der Waals surface area contributed by atoms with Crippen molar-refractivity contribution in [2.24, 2.45) is 5.73 Å². The first-order valence-corrected chi connectivity index (χ1v) is 5.66. The zero-order valence-corrected chi connectivity index (χ0v) is 10.2. The third kappa shape index (κ3) is 4.47. The summed E-state index contributed by atoms with van der Waals surface area (Å²) in [5.74, 6) is 0. The van der Waals surface area contributed by atoms with E-state index in [9.17, 15) is 0 Å². The zero-order valence-electron chi connectivity index (χ0n) is 10.2. The Morgan fingerprint density at radius 1 is 1.53 bits per heavy atom. The van der Waals surface area contributed by atoms with Crippen LogP contribution in [0.4, 0.5) is 0 Å². The van der Waals surface area contributed by atoms with Gasteiger partial charge >= 0.3 is 0 Å². The molecule has 0 bridgehead atoms. The average Bonchev–Trinajstić information content (AvgIpc) is 2.27. The summed E-state index contributed by atoms with van der Waals surface area (Å²) in [5.41, 5.74) is 5.57. The molecule has 4 nitrogen and oxygen atoms in total. The first-order chi connectivity index (χ1) is 7.07. The standard InChI is InChI=1S/C11H24N2O2/c1-11(2,14-3)4-5-13-6-7-15-10(8-12)9-13/h10H,4-9,12H2,1-3H3. The molecule has 0 spiro atoms. The van der Waals surface area contributed by atoms with E-state index >= 15 is 0 Å². The third-order valence-corrected chi connectivity index (χ3v) is 3.07. The van der Waals surface area contributed by atoms with Gasteiger partial charge in [0.05, 0.1) is 18.3 Å². The van der Waals surface area contributed by atoms with Crippen LogP contribution in [0, 0.1) is 0 Å². The minimum absolute atomic E-state index is 0.0312. The minimum atomic E-state index is -0.0312. The van der Waals surface area contributed by atoms with Crippen LogP contribution in [0.1, 0.15) is 20.3 Å². The molecule has 0 aromatic carbocycles. The Labute approximate surface area is 92.7 Å². The predicted molar refractivity (Wildman–Crippen MR) is 60.9 cm³/mol. The molecule has 1 unspecified atom stereocenters. The molecule has 0 aromatic rings. The molecule has 4 heteroatoms. The second kappa shape index (κ2) is 5.80. The van der Waals surface area contributed by atoms with E-state index < -0.39 is 0 Å². The maximum Gasteiger partial charge on any atom is 0.0824 e. The first-order valence-electron chi connectivity index (χ1n) is 5.66. The van der Waals surface area contributed by atoms with E-state index in [1.165, 1.54) is 0 Å². The number of methoxy groups -OCH3 is 1. The van der Waals surface area contributed by atoms with Crippen molar-refractivity contribution >= 4 is 0 Å². The van der Waals surface area contributed by atoms with Crippen LogP contribution in [0.2, 0.25) is 0 Å². The fourth-order valence-corrected chi connectivity index (χ4v) is 1.66. The SMILES string of the molecule is COC(C)(C)CCN1CCOC(CN)C1. The van der Waals surface area contributed by atoms with E-state index in [0.29, 0.717) is 6.54 Å². The molecule has 1 aliphatic heterocycles. The van der Waals surface area contributed by atoms with Gasteiger partial charge < -0.3 is 15.2 Å². The van der Waals surface area contributed by atoms with Crippen molar-refractivity contribution in [3.8, 4) is 0 Å². The molecule has 90 valence electrons. The fraction of sp³-hybridized carbons (Fsp3) is 1.00. The summed E-state index contributed by atoms with van der Waals surface area (Å²) in [6.07, 6.45) is 1.25. The van der Waals surface area contributed by atoms with Gasteiger partial charge in [-0.05, 0) is 20.3 Å². The molecule has 1 atom stereocenters. The number of nitrogens with two attached hydrogens (primary N) is 1. The van der Waals surface area contributed by atoms with Gasteiger partial charge in [-0.2, -0.15) is 0 Å². The van der Waals surface area contributed by atoms with Gasteiger partial charge in [0.1, 0.15) is 0 Å². The first kappa shape index (κ1) is 12.9. The molecule has 15 heavy (non-hydrogen) atoms. The Bertz CT molecular complexity index is 185. The van der Waals surface area contributed by atoms with Crippen LogP contribution in [0.25, 0.3) is 0 Å². The number of morpholine rings is 1. The Kier molecular flexibility index (Phi) is 4.99. The monoisotopic (exact) mass is 216 g/mol. The summed E-state index contributed by atoms with van der Waals surface area (Å²) >= 11 is 0. The van der Waals surface area contributed by atoms with Gasteiger partial charge in [-0.25, -0.2) is 0 Å². The van der Waals surface area contributed by atoms with E-state index in [1.807, 2.05) is 0 Å². The normalized spacial score (nSPS) is 24.4. The molecule has 0 radical (unpaired) electrons. The third-order valence-electron chi connectivity index (χ3n) is 3.07. The highest BCUT2D eigenvalue weighted by molar-refractivity contribution is 4.75. The van der Waals surface area contributed by atoms with Crippen molar-refractivity contribution in [2.45, 2.75) is 32.0 Å².